The maximum absolute atomic E-state index is 15.3. The summed E-state index contributed by atoms with van der Waals surface area (Å²) in [4.78, 5) is 60.4. The molecule has 4 aliphatic heterocycles. The third kappa shape index (κ3) is 9.81. The van der Waals surface area contributed by atoms with Gasteiger partial charge in [-0.25, -0.2) is 18.7 Å². The number of thiazole rings is 1. The molecule has 0 aliphatic carbocycles. The Morgan fingerprint density at radius 1 is 0.941 bits per heavy atom. The van der Waals surface area contributed by atoms with Gasteiger partial charge in [0.05, 0.1) is 55.3 Å². The Morgan fingerprint density at radius 3 is 2.34 bits per heavy atom. The van der Waals surface area contributed by atoms with Crippen LogP contribution in [0.3, 0.4) is 0 Å². The second-order valence-electron chi connectivity index (χ2n) is 18.4. The molecule has 15 nitrogen and oxygen atoms in total. The molecule has 20 heteroatoms. The number of carbonyl (C=O) groups is 3. The van der Waals surface area contributed by atoms with Crippen LogP contribution >= 0.6 is 34.4 Å². The van der Waals surface area contributed by atoms with Crippen molar-refractivity contribution in [2.75, 3.05) is 93.2 Å². The summed E-state index contributed by atoms with van der Waals surface area (Å²) in [5.41, 5.74) is 4.60. The number of rotatable bonds is 12. The van der Waals surface area contributed by atoms with Crippen LogP contribution in [0.2, 0.25) is 0 Å². The van der Waals surface area contributed by atoms with Gasteiger partial charge in [-0.05, 0) is 104 Å². The molecule has 4 aliphatic rings. The van der Waals surface area contributed by atoms with Gasteiger partial charge in [-0.3, -0.25) is 24.6 Å². The highest BCUT2D eigenvalue weighted by atomic mass is 79.9. The number of piperazine rings is 1. The summed E-state index contributed by atoms with van der Waals surface area (Å²) in [5.74, 6) is -2.48. The summed E-state index contributed by atoms with van der Waals surface area (Å²) in [6, 6.07) is 10.9. The first kappa shape index (κ1) is 47.8. The van der Waals surface area contributed by atoms with E-state index >= 15 is 8.78 Å². The molecule has 4 fully saturated rings. The van der Waals surface area contributed by atoms with E-state index < -0.39 is 36.5 Å². The highest BCUT2D eigenvalue weighted by molar-refractivity contribution is 9.10. The molecule has 2 aromatic heterocycles. The molecule has 2 atom stereocenters. The van der Waals surface area contributed by atoms with E-state index in [0.29, 0.717) is 72.0 Å². The summed E-state index contributed by atoms with van der Waals surface area (Å²) >= 11 is 5.14. The molecule has 3 aromatic carbocycles. The smallest absolute Gasteiger partial charge is 0.234 e. The minimum atomic E-state index is -2.71. The Morgan fingerprint density at radius 2 is 1.66 bits per heavy atom. The lowest BCUT2D eigenvalue weighted by Crippen LogP contribution is -2.55. The van der Waals surface area contributed by atoms with Gasteiger partial charge in [0, 0.05) is 94.0 Å². The predicted molar refractivity (Wildman–Crippen MR) is 267 cm³/mol. The number of hydrogen-bond acceptors (Lipinski definition) is 14. The Hall–Kier alpha value is -5.23. The molecule has 360 valence electrons. The number of piperidine rings is 2. The van der Waals surface area contributed by atoms with E-state index in [9.17, 15) is 18.9 Å². The second kappa shape index (κ2) is 19.6. The average Bonchev–Trinajstić information content (AvgIpc) is 3.96. The topological polar surface area (TPSA) is 165 Å². The van der Waals surface area contributed by atoms with Gasteiger partial charge in [0.25, 0.3) is 0 Å². The molecule has 9 rings (SSSR count). The predicted octanol–water partition coefficient (Wildman–Crippen LogP) is 7.90. The number of methoxy groups -OCH3 is 1. The van der Waals surface area contributed by atoms with Crippen molar-refractivity contribution in [2.24, 2.45) is 5.92 Å². The first-order valence-electron chi connectivity index (χ1n) is 23.2. The van der Waals surface area contributed by atoms with Crippen molar-refractivity contribution in [2.45, 2.75) is 64.3 Å². The number of aryl methyl sites for hydroxylation is 2. The Balaban J connectivity index is 0.793. The minimum Gasteiger partial charge on any atom is -0.494 e. The molecule has 3 N–H and O–H groups in total. The van der Waals surface area contributed by atoms with E-state index in [1.54, 1.807) is 26.6 Å². The Bertz CT molecular complexity index is 2810. The summed E-state index contributed by atoms with van der Waals surface area (Å²) in [6.45, 7) is 13.1. The quantitative estimate of drug-likeness (QED) is 0.0817. The van der Waals surface area contributed by atoms with Crippen molar-refractivity contribution in [3.8, 4) is 5.75 Å². The van der Waals surface area contributed by atoms with Crippen LogP contribution in [0.5, 0.6) is 5.75 Å². The molecule has 3 amide bonds. The van der Waals surface area contributed by atoms with Gasteiger partial charge in [0.15, 0.2) is 0 Å². The van der Waals surface area contributed by atoms with Gasteiger partial charge in [0.1, 0.15) is 30.3 Å². The third-order valence-electron chi connectivity index (χ3n) is 13.7. The van der Waals surface area contributed by atoms with Crippen LogP contribution in [-0.2, 0) is 25.4 Å². The van der Waals surface area contributed by atoms with Crippen LogP contribution in [0.15, 0.2) is 47.1 Å². The van der Waals surface area contributed by atoms with E-state index in [2.05, 4.69) is 70.7 Å². The molecule has 5 aromatic rings. The normalized spacial score (nSPS) is 19.7. The molecular formula is C48H56BrF2N10O5PS. The lowest BCUT2D eigenvalue weighted by molar-refractivity contribution is -0.137. The van der Waals surface area contributed by atoms with E-state index in [0.717, 1.165) is 77.3 Å². The molecular weight excluding hydrogens is 978 g/mol. The van der Waals surface area contributed by atoms with Crippen molar-refractivity contribution < 1.29 is 32.5 Å². The van der Waals surface area contributed by atoms with Gasteiger partial charge >= 0.3 is 0 Å². The Kier molecular flexibility index (Phi) is 13.8. The standard InChI is InChI=1S/C48H56BrF2N10O5PS/c1-6-28-21-38(55-48-52-25-33(49)45(57-48)54-36-8-9-37-44(68-27(2)53-37)43(36)67(4,5)65)40(66-3)24-39(28)59-15-12-30(13-16-59)58-17-19-60(20-18-58)47(64)29-11-14-61(26-29)31-22-34(50)42(35(51)23-31)32-7-10-41(62)56-46(32)63/h8-9,21-25,29-30,32H,6-7,10-20,26H2,1-5H3,(H,56,62,63)(H2,52,54,55,57). The van der Waals surface area contributed by atoms with Gasteiger partial charge < -0.3 is 34.6 Å². The summed E-state index contributed by atoms with van der Waals surface area (Å²) in [6.07, 6.45) is 5.12. The molecule has 0 bridgehead atoms. The first-order chi connectivity index (χ1) is 32.6. The fourth-order valence-corrected chi connectivity index (χ4v) is 13.5. The van der Waals surface area contributed by atoms with Crippen molar-refractivity contribution in [3.63, 3.8) is 0 Å². The number of amides is 3. The number of nitrogens with zero attached hydrogens (tertiary/aromatic N) is 7. The fraction of sp³-hybridized carbons (Fsp3) is 0.458. The number of carbonyl (C=O) groups excluding carboxylic acids is 3. The zero-order chi connectivity index (χ0) is 48.0. The maximum atomic E-state index is 15.3. The number of hydrogen-bond donors (Lipinski definition) is 3. The minimum absolute atomic E-state index is 0.0268. The van der Waals surface area contributed by atoms with E-state index in [4.69, 9.17) is 9.72 Å². The van der Waals surface area contributed by atoms with E-state index in [1.807, 2.05) is 28.9 Å². The van der Waals surface area contributed by atoms with Gasteiger partial charge in [-0.1, -0.05) is 6.92 Å². The molecule has 2 unspecified atom stereocenters. The number of ether oxygens (including phenoxy) is 1. The second-order valence-corrected chi connectivity index (χ2v) is 23.6. The van der Waals surface area contributed by atoms with Crippen LogP contribution in [0.4, 0.5) is 43.3 Å². The Labute approximate surface area is 406 Å². The number of fused-ring (bicyclic) bond motifs is 1. The van der Waals surface area contributed by atoms with Crippen molar-refractivity contribution in [1.82, 2.24) is 30.1 Å². The molecule has 6 heterocycles. The largest absolute Gasteiger partial charge is 0.494 e. The first-order valence-corrected chi connectivity index (χ1v) is 27.4. The summed E-state index contributed by atoms with van der Waals surface area (Å²) in [5, 5.41) is 10.6. The van der Waals surface area contributed by atoms with Crippen LogP contribution < -0.4 is 35.8 Å². The lowest BCUT2D eigenvalue weighted by Gasteiger charge is -2.44. The molecule has 68 heavy (non-hydrogen) atoms. The third-order valence-corrected chi connectivity index (χ3v) is 17.0. The lowest BCUT2D eigenvalue weighted by atomic mass is 9.89. The number of imide groups is 1. The van der Waals surface area contributed by atoms with Crippen LogP contribution in [0, 0.1) is 24.5 Å². The SMILES string of the molecule is CCc1cc(Nc2ncc(Br)c(Nc3ccc4nc(C)sc4c3P(C)(C)=O)n2)c(OC)cc1N1CCC(N2CCN(C(=O)C3CCN(c4cc(F)c(C5CCC(=O)NC5=O)c(F)c4)C3)CC2)CC1. The van der Waals surface area contributed by atoms with E-state index in [-0.39, 0.29) is 30.2 Å². The summed E-state index contributed by atoms with van der Waals surface area (Å²) < 4.78 is 51.7. The molecule has 0 spiro atoms. The molecule has 0 saturated carbocycles. The van der Waals surface area contributed by atoms with Gasteiger partial charge in [-0.15, -0.1) is 11.3 Å². The highest BCUT2D eigenvalue weighted by Gasteiger charge is 2.37. The summed E-state index contributed by atoms with van der Waals surface area (Å²) in [7, 11) is -1.05. The van der Waals surface area contributed by atoms with Crippen LogP contribution in [0.25, 0.3) is 10.2 Å². The van der Waals surface area contributed by atoms with Crippen molar-refractivity contribution in [3.05, 3.63) is 74.8 Å². The number of benzene rings is 3. The highest BCUT2D eigenvalue weighted by Crippen LogP contribution is 2.44. The maximum Gasteiger partial charge on any atom is 0.234 e. The molecule has 4 saturated heterocycles. The van der Waals surface area contributed by atoms with E-state index in [1.165, 1.54) is 29.0 Å². The van der Waals surface area contributed by atoms with Crippen LogP contribution in [-0.4, -0.2) is 121 Å². The van der Waals surface area contributed by atoms with Gasteiger partial charge in [-0.2, -0.15) is 4.98 Å². The van der Waals surface area contributed by atoms with Crippen LogP contribution in [0.1, 0.15) is 61.1 Å². The number of anilines is 6. The number of aromatic nitrogens is 3. The fourth-order valence-electron chi connectivity index (χ4n) is 10.2. The average molecular weight is 1030 g/mol. The monoisotopic (exact) mass is 1030 g/mol. The zero-order valence-corrected chi connectivity index (χ0v) is 42.1. The van der Waals surface area contributed by atoms with Crippen molar-refractivity contribution >= 4 is 102 Å². The number of nitrogens with one attached hydrogen (secondary N) is 3. The van der Waals surface area contributed by atoms with Gasteiger partial charge in [0.2, 0.25) is 23.7 Å². The number of halogens is 3. The van der Waals surface area contributed by atoms with Crippen molar-refractivity contribution in [1.29, 1.82) is 0 Å². The molecule has 0 radical (unpaired) electrons. The zero-order valence-electron chi connectivity index (χ0n) is 38.8.